The zero-order chi connectivity index (χ0) is 18.2. The predicted molar refractivity (Wildman–Crippen MR) is 99.5 cm³/mol. The molecule has 2 aliphatic carbocycles. The van der Waals surface area contributed by atoms with Gasteiger partial charge in [-0.3, -0.25) is 4.98 Å². The second-order valence-electron chi connectivity index (χ2n) is 7.95. The second kappa shape index (κ2) is 7.06. The van der Waals surface area contributed by atoms with Crippen LogP contribution in [0.15, 0.2) is 18.5 Å². The lowest BCUT2D eigenvalue weighted by Crippen LogP contribution is -2.35. The number of aryl methyl sites for hydroxylation is 1. The van der Waals surface area contributed by atoms with E-state index in [1.807, 2.05) is 19.3 Å². The Hall–Kier alpha value is -2.23. The van der Waals surface area contributed by atoms with Gasteiger partial charge < -0.3 is 9.47 Å². The van der Waals surface area contributed by atoms with Crippen molar-refractivity contribution in [2.24, 2.45) is 17.8 Å². The normalized spacial score (nSPS) is 25.1. The Labute approximate surface area is 159 Å². The molecule has 0 amide bonds. The summed E-state index contributed by atoms with van der Waals surface area (Å²) in [6, 6.07) is 2.07. The molecule has 1 aliphatic heterocycles. The van der Waals surface area contributed by atoms with Crippen molar-refractivity contribution in [1.82, 2.24) is 20.0 Å². The van der Waals surface area contributed by atoms with Crippen molar-refractivity contribution in [1.29, 1.82) is 0 Å². The van der Waals surface area contributed by atoms with E-state index in [4.69, 9.17) is 9.47 Å². The molecule has 2 aromatic heterocycles. The van der Waals surface area contributed by atoms with E-state index in [-0.39, 0.29) is 6.29 Å². The fourth-order valence-corrected chi connectivity index (χ4v) is 3.48. The van der Waals surface area contributed by atoms with Gasteiger partial charge in [0.2, 0.25) is 0 Å². The average molecular weight is 364 g/mol. The molecule has 0 atom stereocenters. The van der Waals surface area contributed by atoms with E-state index in [1.54, 1.807) is 4.68 Å². The van der Waals surface area contributed by atoms with E-state index >= 15 is 0 Å². The number of pyridine rings is 1. The summed E-state index contributed by atoms with van der Waals surface area (Å²) in [5, 5.41) is 8.51. The van der Waals surface area contributed by atoms with Crippen LogP contribution in [0, 0.1) is 36.5 Å². The van der Waals surface area contributed by atoms with Gasteiger partial charge in [0.25, 0.3) is 0 Å². The Balaban J connectivity index is 1.23. The maximum Gasteiger partial charge on any atom is 0.177 e. The topological polar surface area (TPSA) is 62.1 Å². The minimum absolute atomic E-state index is 0.247. The first kappa shape index (κ1) is 16.9. The largest absolute Gasteiger partial charge is 0.350 e. The molecule has 0 spiro atoms. The average Bonchev–Trinajstić information content (AvgIpc) is 3.60. The van der Waals surface area contributed by atoms with Crippen LogP contribution in [0.5, 0.6) is 0 Å². The molecule has 2 aromatic rings. The molecule has 3 heterocycles. The van der Waals surface area contributed by atoms with Gasteiger partial charge in [0.15, 0.2) is 6.29 Å². The van der Waals surface area contributed by atoms with Crippen molar-refractivity contribution < 1.29 is 9.47 Å². The highest BCUT2D eigenvalue weighted by molar-refractivity contribution is 5.58. The van der Waals surface area contributed by atoms with E-state index in [9.17, 15) is 0 Å². The molecule has 2 saturated carbocycles. The van der Waals surface area contributed by atoms with Gasteiger partial charge in [-0.25, -0.2) is 4.68 Å². The number of ether oxygens (including phenoxy) is 2. The first-order valence-electron chi connectivity index (χ1n) is 9.86. The Morgan fingerprint density at radius 3 is 2.67 bits per heavy atom. The highest BCUT2D eigenvalue weighted by Gasteiger charge is 2.35. The molecule has 0 N–H and O–H groups in total. The molecule has 0 unspecified atom stereocenters. The molecule has 6 heteroatoms. The van der Waals surface area contributed by atoms with Gasteiger partial charge in [0.05, 0.1) is 31.6 Å². The van der Waals surface area contributed by atoms with Crippen molar-refractivity contribution in [2.75, 3.05) is 13.2 Å². The summed E-state index contributed by atoms with van der Waals surface area (Å²) in [5.74, 6) is 8.46. The van der Waals surface area contributed by atoms with Crippen LogP contribution in [0.2, 0.25) is 0 Å². The smallest absolute Gasteiger partial charge is 0.177 e. The molecular weight excluding hydrogens is 340 g/mol. The Morgan fingerprint density at radius 2 is 1.96 bits per heavy atom. The summed E-state index contributed by atoms with van der Waals surface area (Å²) in [6.07, 6.45) is 8.60. The molecule has 140 valence electrons. The van der Waals surface area contributed by atoms with Crippen LogP contribution in [-0.2, 0) is 16.0 Å². The van der Waals surface area contributed by atoms with Gasteiger partial charge in [0.1, 0.15) is 5.69 Å². The first-order valence-corrected chi connectivity index (χ1v) is 9.86. The molecule has 0 bridgehead atoms. The molecule has 5 rings (SSSR count). The monoisotopic (exact) mass is 364 g/mol. The molecular formula is C21H24N4O2. The Morgan fingerprint density at radius 1 is 1.15 bits per heavy atom. The SMILES string of the molecule is Cc1cc(C#CC2CC2)cnc1-c1cn(CC2OCC(C3CC3)CO2)nn1. The van der Waals surface area contributed by atoms with Crippen molar-refractivity contribution >= 4 is 0 Å². The Kier molecular flexibility index (Phi) is 4.42. The van der Waals surface area contributed by atoms with Gasteiger partial charge in [-0.05, 0) is 50.2 Å². The fourth-order valence-electron chi connectivity index (χ4n) is 3.48. The first-order chi connectivity index (χ1) is 13.2. The summed E-state index contributed by atoms with van der Waals surface area (Å²) in [7, 11) is 0. The molecule has 1 saturated heterocycles. The van der Waals surface area contributed by atoms with Gasteiger partial charge in [-0.1, -0.05) is 17.1 Å². The fraction of sp³-hybridized carbons (Fsp3) is 0.571. The van der Waals surface area contributed by atoms with Gasteiger partial charge in [-0.15, -0.1) is 5.10 Å². The van der Waals surface area contributed by atoms with Crippen LogP contribution < -0.4 is 0 Å². The highest BCUT2D eigenvalue weighted by Crippen LogP contribution is 2.38. The minimum atomic E-state index is -0.247. The van der Waals surface area contributed by atoms with Crippen molar-refractivity contribution in [3.8, 4) is 23.2 Å². The third-order valence-corrected chi connectivity index (χ3v) is 5.47. The minimum Gasteiger partial charge on any atom is -0.350 e. The maximum atomic E-state index is 5.86. The van der Waals surface area contributed by atoms with Crippen LogP contribution in [0.3, 0.4) is 0 Å². The number of rotatable bonds is 4. The van der Waals surface area contributed by atoms with Gasteiger partial charge in [-0.2, -0.15) is 0 Å². The van der Waals surface area contributed by atoms with E-state index < -0.39 is 0 Å². The lowest BCUT2D eigenvalue weighted by molar-refractivity contribution is -0.209. The maximum absolute atomic E-state index is 5.86. The molecule has 6 nitrogen and oxygen atoms in total. The Bertz CT molecular complexity index is 881. The van der Waals surface area contributed by atoms with Gasteiger partial charge in [0, 0.05) is 23.6 Å². The number of aromatic nitrogens is 4. The van der Waals surface area contributed by atoms with Crippen LogP contribution in [0.4, 0.5) is 0 Å². The second-order valence-corrected chi connectivity index (χ2v) is 7.95. The van der Waals surface area contributed by atoms with E-state index in [2.05, 4.69) is 33.2 Å². The quantitative estimate of drug-likeness (QED) is 0.781. The number of nitrogens with zero attached hydrogens (tertiary/aromatic N) is 4. The lowest BCUT2D eigenvalue weighted by atomic mass is 10.1. The van der Waals surface area contributed by atoms with Crippen LogP contribution in [0.1, 0.15) is 36.8 Å². The van der Waals surface area contributed by atoms with E-state index in [0.29, 0.717) is 18.4 Å². The van der Waals surface area contributed by atoms with E-state index in [0.717, 1.165) is 41.6 Å². The predicted octanol–water partition coefficient (Wildman–Crippen LogP) is 2.81. The lowest BCUT2D eigenvalue weighted by Gasteiger charge is -2.29. The standard InChI is InChI=1S/C21H24N4O2/c1-14-8-16(5-4-15-2-3-15)9-22-21(14)19-10-25(24-23-19)11-20-26-12-18(13-27-20)17-6-7-17/h8-10,15,17-18,20H,2-3,6-7,11-13H2,1H3. The zero-order valence-corrected chi connectivity index (χ0v) is 15.6. The summed E-state index contributed by atoms with van der Waals surface area (Å²) >= 11 is 0. The van der Waals surface area contributed by atoms with Crippen molar-refractivity contribution in [3.05, 3.63) is 29.6 Å². The number of hydrogen-bond acceptors (Lipinski definition) is 5. The summed E-state index contributed by atoms with van der Waals surface area (Å²) in [6.45, 7) is 4.17. The molecule has 3 fully saturated rings. The van der Waals surface area contributed by atoms with E-state index in [1.165, 1.54) is 25.7 Å². The van der Waals surface area contributed by atoms with Crippen LogP contribution >= 0.6 is 0 Å². The molecule has 3 aliphatic rings. The molecule has 0 radical (unpaired) electrons. The van der Waals surface area contributed by atoms with Crippen molar-refractivity contribution in [2.45, 2.75) is 45.4 Å². The zero-order valence-electron chi connectivity index (χ0n) is 15.6. The summed E-state index contributed by atoms with van der Waals surface area (Å²) in [4.78, 5) is 4.56. The number of hydrogen-bond donors (Lipinski definition) is 0. The van der Waals surface area contributed by atoms with Gasteiger partial charge >= 0.3 is 0 Å². The third-order valence-electron chi connectivity index (χ3n) is 5.47. The summed E-state index contributed by atoms with van der Waals surface area (Å²) in [5.41, 5.74) is 3.63. The summed E-state index contributed by atoms with van der Waals surface area (Å²) < 4.78 is 13.5. The highest BCUT2D eigenvalue weighted by atomic mass is 16.7. The van der Waals surface area contributed by atoms with Crippen molar-refractivity contribution in [3.63, 3.8) is 0 Å². The van der Waals surface area contributed by atoms with Crippen LogP contribution in [0.25, 0.3) is 11.4 Å². The third kappa shape index (κ3) is 4.05. The molecule has 0 aromatic carbocycles. The molecule has 27 heavy (non-hydrogen) atoms. The van der Waals surface area contributed by atoms with Crippen LogP contribution in [-0.4, -0.2) is 39.5 Å².